The number of pyridine rings is 1. The van der Waals surface area contributed by atoms with Crippen molar-refractivity contribution < 1.29 is 22.7 Å². The zero-order valence-corrected chi connectivity index (χ0v) is 15.4. The molecule has 0 bridgehead atoms. The molecule has 1 aromatic heterocycles. The lowest BCUT2D eigenvalue weighted by molar-refractivity contribution is -0.137. The summed E-state index contributed by atoms with van der Waals surface area (Å²) in [6.07, 6.45) is 1.17. The molecule has 0 N–H and O–H groups in total. The third-order valence-electron chi connectivity index (χ3n) is 5.55. The van der Waals surface area contributed by atoms with Crippen LogP contribution in [0.5, 0.6) is 5.75 Å². The summed E-state index contributed by atoms with van der Waals surface area (Å²) in [6.45, 7) is 0.567. The second kappa shape index (κ2) is 7.39. The van der Waals surface area contributed by atoms with Gasteiger partial charge in [0.25, 0.3) is 5.91 Å². The van der Waals surface area contributed by atoms with E-state index in [2.05, 4.69) is 4.98 Å². The van der Waals surface area contributed by atoms with E-state index in [0.29, 0.717) is 24.9 Å². The first-order valence-electron chi connectivity index (χ1n) is 9.38. The summed E-state index contributed by atoms with van der Waals surface area (Å²) in [5.74, 6) is 0.0925. The largest absolute Gasteiger partial charge is 0.490 e. The third-order valence-corrected chi connectivity index (χ3v) is 5.55. The number of halogens is 3. The fraction of sp³-hybridized carbons (Fsp3) is 0.381. The monoisotopic (exact) mass is 401 g/mol. The van der Waals surface area contributed by atoms with Crippen LogP contribution in [-0.4, -0.2) is 27.9 Å². The molecule has 1 amide bonds. The Morgan fingerprint density at radius 3 is 2.59 bits per heavy atom. The number of carbonyl (C=O) groups is 1. The normalized spacial score (nSPS) is 21.6. The van der Waals surface area contributed by atoms with E-state index in [4.69, 9.17) is 10.00 Å². The van der Waals surface area contributed by atoms with Crippen LogP contribution in [-0.2, 0) is 12.7 Å². The van der Waals surface area contributed by atoms with Crippen LogP contribution in [0.25, 0.3) is 0 Å². The number of alkyl halides is 3. The minimum absolute atomic E-state index is 0.0145. The molecule has 1 aliphatic carbocycles. The fourth-order valence-electron chi connectivity index (χ4n) is 4.05. The Morgan fingerprint density at radius 1 is 1.17 bits per heavy atom. The number of rotatable bonds is 3. The van der Waals surface area contributed by atoms with Gasteiger partial charge in [-0.3, -0.25) is 9.78 Å². The van der Waals surface area contributed by atoms with Crippen molar-refractivity contribution in [3.63, 3.8) is 0 Å². The topological polar surface area (TPSA) is 66.2 Å². The Morgan fingerprint density at radius 2 is 1.93 bits per heavy atom. The van der Waals surface area contributed by atoms with Crippen LogP contribution in [0.1, 0.15) is 52.7 Å². The molecule has 8 heteroatoms. The zero-order chi connectivity index (χ0) is 20.6. The Balaban J connectivity index is 1.39. The molecule has 1 saturated carbocycles. The number of amides is 1. The molecule has 4 rings (SSSR count). The first-order chi connectivity index (χ1) is 13.9. The Hall–Kier alpha value is -3.08. The molecule has 0 saturated heterocycles. The molecular weight excluding hydrogens is 383 g/mol. The molecule has 29 heavy (non-hydrogen) atoms. The minimum atomic E-state index is -4.61. The first kappa shape index (κ1) is 19.2. The molecule has 1 aromatic carbocycles. The smallest absolute Gasteiger partial charge is 0.417 e. The van der Waals surface area contributed by atoms with E-state index in [1.165, 1.54) is 6.07 Å². The van der Waals surface area contributed by atoms with E-state index in [-0.39, 0.29) is 23.8 Å². The van der Waals surface area contributed by atoms with Gasteiger partial charge in [-0.2, -0.15) is 18.4 Å². The lowest BCUT2D eigenvalue weighted by Gasteiger charge is -2.34. The van der Waals surface area contributed by atoms with Gasteiger partial charge in [0, 0.05) is 25.0 Å². The number of benzene rings is 1. The van der Waals surface area contributed by atoms with Crippen LogP contribution >= 0.6 is 0 Å². The van der Waals surface area contributed by atoms with Crippen molar-refractivity contribution >= 4 is 5.91 Å². The SMILES string of the molecule is N#Cc1ccc(O[C@H]2CC[C@H](N3Cc4ccncc4C3=O)CC2)cc1C(F)(F)F. The highest BCUT2D eigenvalue weighted by molar-refractivity contribution is 5.98. The molecule has 1 aliphatic heterocycles. The Labute approximate surface area is 165 Å². The van der Waals surface area contributed by atoms with Gasteiger partial charge in [-0.25, -0.2) is 0 Å². The molecule has 2 heterocycles. The average molecular weight is 401 g/mol. The maximum atomic E-state index is 13.1. The standard InChI is InChI=1S/C21H18F3N3O2/c22-21(23,24)19-9-17(4-1-13(19)10-25)29-16-5-2-15(3-6-16)27-12-14-7-8-26-11-18(14)20(27)28/h1,4,7-9,11,15-16H,2-3,5-6,12H2/t15-,16-. The van der Waals surface area contributed by atoms with Crippen molar-refractivity contribution in [2.75, 3.05) is 0 Å². The van der Waals surface area contributed by atoms with E-state index < -0.39 is 17.3 Å². The van der Waals surface area contributed by atoms with E-state index >= 15 is 0 Å². The van der Waals surface area contributed by atoms with Gasteiger partial charge in [0.05, 0.1) is 28.9 Å². The molecule has 2 aromatic rings. The molecule has 0 radical (unpaired) electrons. The van der Waals surface area contributed by atoms with E-state index in [0.717, 1.165) is 30.5 Å². The number of ether oxygens (including phenoxy) is 1. The van der Waals surface area contributed by atoms with Crippen LogP contribution in [0.3, 0.4) is 0 Å². The highest BCUT2D eigenvalue weighted by atomic mass is 19.4. The number of fused-ring (bicyclic) bond motifs is 1. The van der Waals surface area contributed by atoms with Crippen LogP contribution < -0.4 is 4.74 Å². The lowest BCUT2D eigenvalue weighted by atomic mass is 9.92. The van der Waals surface area contributed by atoms with Crippen LogP contribution in [0.4, 0.5) is 13.2 Å². The first-order valence-corrected chi connectivity index (χ1v) is 9.38. The Bertz CT molecular complexity index is 976. The van der Waals surface area contributed by atoms with Gasteiger partial charge < -0.3 is 9.64 Å². The predicted octanol–water partition coefficient (Wildman–Crippen LogP) is 4.32. The summed E-state index contributed by atoms with van der Waals surface area (Å²) in [7, 11) is 0. The molecule has 1 fully saturated rings. The number of hydrogen-bond donors (Lipinski definition) is 0. The average Bonchev–Trinajstić information content (AvgIpc) is 3.05. The second-order valence-electron chi connectivity index (χ2n) is 7.33. The maximum absolute atomic E-state index is 13.1. The van der Waals surface area contributed by atoms with E-state index in [1.54, 1.807) is 18.5 Å². The summed E-state index contributed by atoms with van der Waals surface area (Å²) in [6, 6.07) is 6.92. The minimum Gasteiger partial charge on any atom is -0.490 e. The van der Waals surface area contributed by atoms with E-state index in [1.807, 2.05) is 11.0 Å². The number of nitriles is 1. The number of nitrogens with zero attached hydrogens (tertiary/aromatic N) is 3. The van der Waals surface area contributed by atoms with E-state index in [9.17, 15) is 18.0 Å². The zero-order valence-electron chi connectivity index (χ0n) is 15.4. The summed E-state index contributed by atoms with van der Waals surface area (Å²) in [5.41, 5.74) is 0.208. The lowest BCUT2D eigenvalue weighted by Crippen LogP contribution is -2.40. The fourth-order valence-corrected chi connectivity index (χ4v) is 4.05. The summed E-state index contributed by atoms with van der Waals surface area (Å²) < 4.78 is 45.1. The molecule has 0 spiro atoms. The van der Waals surface area contributed by atoms with Gasteiger partial charge >= 0.3 is 6.18 Å². The number of hydrogen-bond acceptors (Lipinski definition) is 4. The van der Waals surface area contributed by atoms with Crippen molar-refractivity contribution in [3.05, 3.63) is 58.9 Å². The van der Waals surface area contributed by atoms with Crippen molar-refractivity contribution in [3.8, 4) is 11.8 Å². The van der Waals surface area contributed by atoms with Crippen LogP contribution in [0.15, 0.2) is 36.7 Å². The van der Waals surface area contributed by atoms with Crippen molar-refractivity contribution in [2.45, 2.75) is 50.6 Å². The van der Waals surface area contributed by atoms with Gasteiger partial charge in [0.2, 0.25) is 0 Å². The van der Waals surface area contributed by atoms with Gasteiger partial charge in [-0.15, -0.1) is 0 Å². The number of carbonyl (C=O) groups excluding carboxylic acids is 1. The second-order valence-corrected chi connectivity index (χ2v) is 7.33. The highest BCUT2D eigenvalue weighted by Crippen LogP contribution is 2.36. The summed E-state index contributed by atoms with van der Waals surface area (Å²) in [5, 5.41) is 8.89. The maximum Gasteiger partial charge on any atom is 0.417 e. The molecule has 150 valence electrons. The van der Waals surface area contributed by atoms with Gasteiger partial charge in [-0.1, -0.05) is 0 Å². The third kappa shape index (κ3) is 3.77. The summed E-state index contributed by atoms with van der Waals surface area (Å²) >= 11 is 0. The molecular formula is C21H18F3N3O2. The van der Waals surface area contributed by atoms with Crippen LogP contribution in [0, 0.1) is 11.3 Å². The van der Waals surface area contributed by atoms with Crippen LogP contribution in [0.2, 0.25) is 0 Å². The van der Waals surface area contributed by atoms with Gasteiger partial charge in [0.15, 0.2) is 0 Å². The van der Waals surface area contributed by atoms with Crippen molar-refractivity contribution in [2.24, 2.45) is 0 Å². The predicted molar refractivity (Wildman–Crippen MR) is 96.9 cm³/mol. The molecule has 0 atom stereocenters. The van der Waals surface area contributed by atoms with Crippen molar-refractivity contribution in [1.29, 1.82) is 5.26 Å². The molecule has 2 aliphatic rings. The summed E-state index contributed by atoms with van der Waals surface area (Å²) in [4.78, 5) is 18.4. The van der Waals surface area contributed by atoms with Gasteiger partial charge in [-0.05, 0) is 55.5 Å². The molecule has 5 nitrogen and oxygen atoms in total. The quantitative estimate of drug-likeness (QED) is 0.768. The Kier molecular flexibility index (Phi) is 4.91. The highest BCUT2D eigenvalue weighted by Gasteiger charge is 2.36. The van der Waals surface area contributed by atoms with Crippen molar-refractivity contribution in [1.82, 2.24) is 9.88 Å². The molecule has 0 unspecified atom stereocenters. The van der Waals surface area contributed by atoms with Gasteiger partial charge in [0.1, 0.15) is 5.75 Å². The number of aromatic nitrogens is 1.